The van der Waals surface area contributed by atoms with Crippen molar-refractivity contribution in [3.63, 3.8) is 0 Å². The van der Waals surface area contributed by atoms with Crippen LogP contribution in [0.3, 0.4) is 0 Å². The van der Waals surface area contributed by atoms with Crippen molar-refractivity contribution in [1.29, 1.82) is 0 Å². The second kappa shape index (κ2) is 75.8. The van der Waals surface area contributed by atoms with Crippen molar-refractivity contribution < 1.29 is 24.5 Å². The molecule has 510 valence electrons. The summed E-state index contributed by atoms with van der Waals surface area (Å²) < 4.78 is 5.52. The highest BCUT2D eigenvalue weighted by atomic mass is 16.5. The van der Waals surface area contributed by atoms with E-state index in [0.717, 1.165) is 44.9 Å². The number of aliphatic hydroxyl groups excluding tert-OH is 2. The van der Waals surface area contributed by atoms with Gasteiger partial charge in [-0.15, -0.1) is 0 Å². The number of hydrogen-bond acceptors (Lipinski definition) is 5. The van der Waals surface area contributed by atoms with Gasteiger partial charge in [-0.25, -0.2) is 0 Å². The molecule has 0 saturated heterocycles. The second-order valence-electron chi connectivity index (χ2n) is 27.4. The van der Waals surface area contributed by atoms with E-state index in [4.69, 9.17) is 4.74 Å². The van der Waals surface area contributed by atoms with Gasteiger partial charge in [-0.2, -0.15) is 0 Å². The second-order valence-corrected chi connectivity index (χ2v) is 27.4. The minimum Gasteiger partial charge on any atom is -0.466 e. The van der Waals surface area contributed by atoms with Crippen molar-refractivity contribution in [2.75, 3.05) is 13.2 Å². The molecule has 0 aliphatic carbocycles. The molecule has 2 unspecified atom stereocenters. The van der Waals surface area contributed by atoms with Crippen LogP contribution in [0.1, 0.15) is 450 Å². The smallest absolute Gasteiger partial charge is 0.305 e. The van der Waals surface area contributed by atoms with E-state index in [1.165, 1.54) is 372 Å². The molecule has 1 amide bonds. The molecule has 0 aromatic carbocycles. The van der Waals surface area contributed by atoms with Gasteiger partial charge in [0, 0.05) is 12.8 Å². The number of amides is 1. The molecule has 0 saturated carbocycles. The summed E-state index contributed by atoms with van der Waals surface area (Å²) in [5.74, 6) is -0.00657. The van der Waals surface area contributed by atoms with E-state index in [1.54, 1.807) is 0 Å². The van der Waals surface area contributed by atoms with Crippen molar-refractivity contribution in [3.05, 3.63) is 24.3 Å². The topological polar surface area (TPSA) is 95.9 Å². The summed E-state index contributed by atoms with van der Waals surface area (Å²) in [5.41, 5.74) is 0. The molecule has 3 N–H and O–H groups in total. The van der Waals surface area contributed by atoms with E-state index in [0.29, 0.717) is 25.9 Å². The van der Waals surface area contributed by atoms with Crippen molar-refractivity contribution in [2.45, 2.75) is 463 Å². The van der Waals surface area contributed by atoms with Gasteiger partial charge in [-0.3, -0.25) is 9.59 Å². The predicted molar refractivity (Wildman–Crippen MR) is 380 cm³/mol. The molecule has 0 aromatic heterocycles. The van der Waals surface area contributed by atoms with E-state index in [1.807, 2.05) is 0 Å². The Balaban J connectivity index is 3.34. The number of ether oxygens (including phenoxy) is 1. The number of unbranched alkanes of at least 4 members (excludes halogenated alkanes) is 60. The first-order valence-electron chi connectivity index (χ1n) is 39.6. The van der Waals surface area contributed by atoms with E-state index >= 15 is 0 Å². The number of carbonyl (C=O) groups is 2. The number of aliphatic hydroxyl groups is 2. The highest BCUT2D eigenvalue weighted by molar-refractivity contribution is 5.76. The van der Waals surface area contributed by atoms with Crippen molar-refractivity contribution in [2.24, 2.45) is 0 Å². The van der Waals surface area contributed by atoms with Gasteiger partial charge in [0.25, 0.3) is 0 Å². The molecule has 0 rings (SSSR count). The van der Waals surface area contributed by atoms with Crippen molar-refractivity contribution in [1.82, 2.24) is 5.32 Å². The maximum absolute atomic E-state index is 12.5. The van der Waals surface area contributed by atoms with Gasteiger partial charge in [0.1, 0.15) is 0 Å². The van der Waals surface area contributed by atoms with Gasteiger partial charge in [-0.05, 0) is 57.8 Å². The SMILES string of the molecule is CCCCCCCCCCCCCCCCCCCCCC(=O)OCCCCCCCCCCCCC/C=C\C/C=C\CCCCCCCCCCCCCCCCCCCC(=O)NC(CO)C(O)CCCCCCCCCCCCCCCCC. The fraction of sp³-hybridized carbons (Fsp3) is 0.925. The molecule has 0 aliphatic heterocycles. The van der Waals surface area contributed by atoms with Crippen LogP contribution in [-0.4, -0.2) is 47.4 Å². The fourth-order valence-corrected chi connectivity index (χ4v) is 12.7. The number of hydrogen-bond donors (Lipinski definition) is 3. The molecule has 2 atom stereocenters. The summed E-state index contributed by atoms with van der Waals surface area (Å²) in [6.45, 7) is 5.00. The number of rotatable bonds is 75. The maximum atomic E-state index is 12.5. The van der Waals surface area contributed by atoms with Gasteiger partial charge in [0.05, 0.1) is 25.4 Å². The first-order valence-corrected chi connectivity index (χ1v) is 39.6. The Morgan fingerprint density at radius 2 is 0.581 bits per heavy atom. The first-order chi connectivity index (χ1) is 42.5. The molecule has 86 heavy (non-hydrogen) atoms. The quantitative estimate of drug-likeness (QED) is 0.0320. The Bertz CT molecular complexity index is 1350. The van der Waals surface area contributed by atoms with E-state index in [9.17, 15) is 19.8 Å². The molecule has 0 radical (unpaired) electrons. The predicted octanol–water partition coefficient (Wildman–Crippen LogP) is 26.0. The minimum absolute atomic E-state index is 0.0226. The van der Waals surface area contributed by atoms with Crippen LogP contribution in [0.15, 0.2) is 24.3 Å². The number of nitrogens with one attached hydrogen (secondary N) is 1. The Kier molecular flexibility index (Phi) is 74.3. The summed E-state index contributed by atoms with van der Waals surface area (Å²) in [5, 5.41) is 23.4. The van der Waals surface area contributed by atoms with Gasteiger partial charge >= 0.3 is 5.97 Å². The lowest BCUT2D eigenvalue weighted by molar-refractivity contribution is -0.143. The molecule has 0 spiro atoms. The zero-order valence-corrected chi connectivity index (χ0v) is 58.6. The van der Waals surface area contributed by atoms with Gasteiger partial charge in [-0.1, -0.05) is 404 Å². The van der Waals surface area contributed by atoms with Crippen LogP contribution in [0.4, 0.5) is 0 Å². The van der Waals surface area contributed by atoms with Gasteiger partial charge in [0.2, 0.25) is 5.91 Å². The van der Waals surface area contributed by atoms with Crippen molar-refractivity contribution in [3.8, 4) is 0 Å². The average Bonchev–Trinajstić information content (AvgIpc) is 3.54. The van der Waals surface area contributed by atoms with E-state index in [-0.39, 0.29) is 18.5 Å². The van der Waals surface area contributed by atoms with Crippen LogP contribution in [0.2, 0.25) is 0 Å². The third-order valence-electron chi connectivity index (χ3n) is 18.8. The van der Waals surface area contributed by atoms with E-state index < -0.39 is 12.1 Å². The molecule has 6 nitrogen and oxygen atoms in total. The van der Waals surface area contributed by atoms with Crippen LogP contribution in [0.25, 0.3) is 0 Å². The minimum atomic E-state index is -0.662. The fourth-order valence-electron chi connectivity index (χ4n) is 12.7. The molecule has 6 heteroatoms. The Hall–Kier alpha value is -1.66. The van der Waals surface area contributed by atoms with Crippen LogP contribution < -0.4 is 5.32 Å². The lowest BCUT2D eigenvalue weighted by atomic mass is 10.0. The summed E-state index contributed by atoms with van der Waals surface area (Å²) in [7, 11) is 0. The van der Waals surface area contributed by atoms with Crippen LogP contribution >= 0.6 is 0 Å². The van der Waals surface area contributed by atoms with Crippen molar-refractivity contribution >= 4 is 11.9 Å². The highest BCUT2D eigenvalue weighted by Crippen LogP contribution is 2.20. The lowest BCUT2D eigenvalue weighted by Crippen LogP contribution is -2.45. The van der Waals surface area contributed by atoms with Gasteiger partial charge < -0.3 is 20.3 Å². The third kappa shape index (κ3) is 71.4. The summed E-state index contributed by atoms with van der Waals surface area (Å²) >= 11 is 0. The molecular formula is C80H155NO5. The molecule has 0 bridgehead atoms. The number of carbonyl (C=O) groups excluding carboxylic acids is 2. The van der Waals surface area contributed by atoms with Crippen LogP contribution in [-0.2, 0) is 14.3 Å². The molecule has 0 fully saturated rings. The zero-order chi connectivity index (χ0) is 62.0. The third-order valence-corrected chi connectivity index (χ3v) is 18.8. The summed E-state index contributed by atoms with van der Waals surface area (Å²) in [6, 6.07) is -0.539. The van der Waals surface area contributed by atoms with Gasteiger partial charge in [0.15, 0.2) is 0 Å². The lowest BCUT2D eigenvalue weighted by Gasteiger charge is -2.22. The Labute approximate surface area is 539 Å². The number of esters is 1. The molecule has 0 aromatic rings. The molecular weight excluding hydrogens is 1050 g/mol. The molecule has 0 aliphatic rings. The number of allylic oxidation sites excluding steroid dienone is 4. The van der Waals surface area contributed by atoms with Crippen LogP contribution in [0, 0.1) is 0 Å². The highest BCUT2D eigenvalue weighted by Gasteiger charge is 2.20. The zero-order valence-electron chi connectivity index (χ0n) is 58.6. The maximum Gasteiger partial charge on any atom is 0.305 e. The Morgan fingerprint density at radius 1 is 0.326 bits per heavy atom. The Morgan fingerprint density at radius 3 is 0.884 bits per heavy atom. The van der Waals surface area contributed by atoms with E-state index in [2.05, 4.69) is 43.5 Å². The monoisotopic (exact) mass is 1210 g/mol. The average molecular weight is 1210 g/mol. The summed E-state index contributed by atoms with van der Waals surface area (Å²) in [4.78, 5) is 24.6. The first kappa shape index (κ1) is 84.3. The van der Waals surface area contributed by atoms with Crippen LogP contribution in [0.5, 0.6) is 0 Å². The largest absolute Gasteiger partial charge is 0.466 e. The standard InChI is InChI=1S/C80H155NO5/c1-3-5-7-9-11-13-15-17-19-20-38-42-46-50-54-58-62-66-70-74-80(85)86-75-71-67-63-59-55-51-47-43-40-37-35-33-31-29-27-25-23-21-22-24-26-28-30-32-34-36-39-41-45-49-53-57-61-65-69-73-79(84)81-77(76-82)78(83)72-68-64-60-56-52-48-44-18-16-14-12-10-8-6-4-2/h23,25,29,31,77-78,82-83H,3-22,24,26-28,30,32-76H2,1-2H3,(H,81,84)/b25-23-,31-29-. The molecule has 0 heterocycles. The summed E-state index contributed by atoms with van der Waals surface area (Å²) in [6.07, 6.45) is 97.0. The normalized spacial score (nSPS) is 12.6.